The molecule has 0 unspecified atom stereocenters. The number of methoxy groups -OCH3 is 2. The van der Waals surface area contributed by atoms with E-state index in [1.54, 1.807) is 14.2 Å². The maximum absolute atomic E-state index is 12.1. The van der Waals surface area contributed by atoms with E-state index in [1.807, 2.05) is 36.4 Å². The molecule has 5 nitrogen and oxygen atoms in total. The van der Waals surface area contributed by atoms with Crippen molar-refractivity contribution in [1.82, 2.24) is 10.6 Å². The van der Waals surface area contributed by atoms with Crippen LogP contribution in [0.5, 0.6) is 11.5 Å². The van der Waals surface area contributed by atoms with Gasteiger partial charge >= 0.3 is 6.03 Å². The Morgan fingerprint density at radius 1 is 1.00 bits per heavy atom. The van der Waals surface area contributed by atoms with Crippen LogP contribution in [0.3, 0.4) is 0 Å². The molecule has 2 amide bonds. The lowest BCUT2D eigenvalue weighted by Crippen LogP contribution is -2.40. The summed E-state index contributed by atoms with van der Waals surface area (Å²) < 4.78 is 10.4. The number of ether oxygens (including phenoxy) is 2. The molecule has 5 heteroatoms. The normalized spacial score (nSPS) is 14.4. The smallest absolute Gasteiger partial charge is 0.314 e. The van der Waals surface area contributed by atoms with E-state index < -0.39 is 0 Å². The summed E-state index contributed by atoms with van der Waals surface area (Å²) >= 11 is 0. The number of amides is 2. The molecular weight excluding hydrogens is 328 g/mol. The molecule has 0 saturated heterocycles. The van der Waals surface area contributed by atoms with Crippen molar-refractivity contribution >= 4 is 6.03 Å². The van der Waals surface area contributed by atoms with Crippen LogP contribution in [0.4, 0.5) is 4.79 Å². The number of benzene rings is 2. The lowest BCUT2D eigenvalue weighted by molar-refractivity contribution is 0.240. The van der Waals surface area contributed by atoms with Crippen molar-refractivity contribution in [2.75, 3.05) is 27.3 Å². The van der Waals surface area contributed by atoms with Crippen molar-refractivity contribution in [2.24, 2.45) is 0 Å². The van der Waals surface area contributed by atoms with Crippen molar-refractivity contribution in [3.8, 4) is 11.5 Å². The van der Waals surface area contributed by atoms with Gasteiger partial charge in [-0.2, -0.15) is 0 Å². The first-order valence-corrected chi connectivity index (χ1v) is 8.94. The Kier molecular flexibility index (Phi) is 5.66. The number of carbonyl (C=O) groups excluding carboxylic acids is 1. The predicted molar refractivity (Wildman–Crippen MR) is 102 cm³/mol. The summed E-state index contributed by atoms with van der Waals surface area (Å²) in [6.45, 7) is 1.25. The zero-order valence-corrected chi connectivity index (χ0v) is 15.4. The Labute approximate surface area is 154 Å². The Bertz CT molecular complexity index is 739. The number of urea groups is 1. The molecule has 2 aromatic rings. The SMILES string of the molecule is COc1ccc(C2(CNC(=O)NCCc3cccc(OC)c3)CC2)cc1. The average molecular weight is 354 g/mol. The number of hydrogen-bond donors (Lipinski definition) is 2. The summed E-state index contributed by atoms with van der Waals surface area (Å²) in [5.74, 6) is 1.69. The Morgan fingerprint density at radius 3 is 2.38 bits per heavy atom. The highest BCUT2D eigenvalue weighted by atomic mass is 16.5. The number of carbonyl (C=O) groups is 1. The molecule has 2 aromatic carbocycles. The molecule has 1 aliphatic rings. The van der Waals surface area contributed by atoms with Crippen LogP contribution < -0.4 is 20.1 Å². The minimum absolute atomic E-state index is 0.0798. The summed E-state index contributed by atoms with van der Waals surface area (Å²) in [6.07, 6.45) is 2.97. The molecule has 3 rings (SSSR count). The second-order valence-corrected chi connectivity index (χ2v) is 6.72. The van der Waals surface area contributed by atoms with Gasteiger partial charge in [-0.15, -0.1) is 0 Å². The second-order valence-electron chi connectivity index (χ2n) is 6.72. The molecule has 0 spiro atoms. The zero-order chi connectivity index (χ0) is 18.4. The number of rotatable bonds is 8. The van der Waals surface area contributed by atoms with Crippen LogP contribution in [-0.4, -0.2) is 33.3 Å². The minimum Gasteiger partial charge on any atom is -0.497 e. The van der Waals surface area contributed by atoms with Crippen LogP contribution in [0.15, 0.2) is 48.5 Å². The highest BCUT2D eigenvalue weighted by Crippen LogP contribution is 2.47. The molecule has 2 N–H and O–H groups in total. The molecular formula is C21H26N2O3. The van der Waals surface area contributed by atoms with Gasteiger partial charge in [0.1, 0.15) is 11.5 Å². The summed E-state index contributed by atoms with van der Waals surface area (Å²) in [5.41, 5.74) is 2.48. The first-order valence-electron chi connectivity index (χ1n) is 8.94. The second kappa shape index (κ2) is 8.13. The summed E-state index contributed by atoms with van der Waals surface area (Å²) in [5, 5.41) is 5.94. The maximum atomic E-state index is 12.1. The first kappa shape index (κ1) is 18.1. The molecule has 0 radical (unpaired) electrons. The molecule has 0 bridgehead atoms. The highest BCUT2D eigenvalue weighted by Gasteiger charge is 2.44. The quantitative estimate of drug-likeness (QED) is 0.765. The van der Waals surface area contributed by atoms with Crippen molar-refractivity contribution in [3.05, 3.63) is 59.7 Å². The van der Waals surface area contributed by atoms with E-state index in [4.69, 9.17) is 9.47 Å². The highest BCUT2D eigenvalue weighted by molar-refractivity contribution is 5.74. The van der Waals surface area contributed by atoms with Crippen molar-refractivity contribution < 1.29 is 14.3 Å². The van der Waals surface area contributed by atoms with E-state index in [-0.39, 0.29) is 11.4 Å². The summed E-state index contributed by atoms with van der Waals surface area (Å²) in [7, 11) is 3.32. The molecule has 138 valence electrons. The molecule has 0 aromatic heterocycles. The van der Waals surface area contributed by atoms with Gasteiger partial charge in [-0.3, -0.25) is 0 Å². The van der Waals surface area contributed by atoms with E-state index >= 15 is 0 Å². The van der Waals surface area contributed by atoms with Crippen LogP contribution in [0.2, 0.25) is 0 Å². The molecule has 1 aliphatic carbocycles. The number of nitrogens with one attached hydrogen (secondary N) is 2. The molecule has 0 aliphatic heterocycles. The topological polar surface area (TPSA) is 59.6 Å². The lowest BCUT2D eigenvalue weighted by atomic mass is 9.96. The molecule has 1 saturated carbocycles. The van der Waals surface area contributed by atoms with Gasteiger partial charge in [0.05, 0.1) is 14.2 Å². The lowest BCUT2D eigenvalue weighted by Gasteiger charge is -2.17. The van der Waals surface area contributed by atoms with E-state index in [1.165, 1.54) is 5.56 Å². The van der Waals surface area contributed by atoms with Gasteiger partial charge in [-0.05, 0) is 54.7 Å². The Morgan fingerprint density at radius 2 is 1.73 bits per heavy atom. The fourth-order valence-electron chi connectivity index (χ4n) is 3.12. The average Bonchev–Trinajstić information content (AvgIpc) is 3.48. The first-order chi connectivity index (χ1) is 12.6. The van der Waals surface area contributed by atoms with Crippen molar-refractivity contribution in [1.29, 1.82) is 0 Å². The van der Waals surface area contributed by atoms with Gasteiger partial charge < -0.3 is 20.1 Å². The van der Waals surface area contributed by atoms with E-state index in [0.29, 0.717) is 13.1 Å². The summed E-state index contributed by atoms with van der Waals surface area (Å²) in [6, 6.07) is 15.9. The van der Waals surface area contributed by atoms with E-state index in [0.717, 1.165) is 36.3 Å². The van der Waals surface area contributed by atoms with Gasteiger partial charge in [0, 0.05) is 18.5 Å². The van der Waals surface area contributed by atoms with Crippen LogP contribution in [0.25, 0.3) is 0 Å². The van der Waals surface area contributed by atoms with Crippen LogP contribution in [0.1, 0.15) is 24.0 Å². The van der Waals surface area contributed by atoms with Gasteiger partial charge in [-0.1, -0.05) is 24.3 Å². The van der Waals surface area contributed by atoms with Gasteiger partial charge in [0.2, 0.25) is 0 Å². The number of hydrogen-bond acceptors (Lipinski definition) is 3. The Hall–Kier alpha value is -2.69. The third kappa shape index (κ3) is 4.48. The Balaban J connectivity index is 1.43. The fourth-order valence-corrected chi connectivity index (χ4v) is 3.12. The van der Waals surface area contributed by atoms with Crippen molar-refractivity contribution in [2.45, 2.75) is 24.7 Å². The van der Waals surface area contributed by atoms with Crippen LogP contribution in [0, 0.1) is 0 Å². The zero-order valence-electron chi connectivity index (χ0n) is 15.4. The molecule has 26 heavy (non-hydrogen) atoms. The maximum Gasteiger partial charge on any atom is 0.314 e. The summed E-state index contributed by atoms with van der Waals surface area (Å²) in [4.78, 5) is 12.1. The standard InChI is InChI=1S/C21H26N2O3/c1-25-18-8-6-17(7-9-18)21(11-12-21)15-23-20(24)22-13-10-16-4-3-5-19(14-16)26-2/h3-9,14H,10-13,15H2,1-2H3,(H2,22,23,24). The largest absolute Gasteiger partial charge is 0.497 e. The van der Waals surface area contributed by atoms with E-state index in [9.17, 15) is 4.79 Å². The van der Waals surface area contributed by atoms with Gasteiger partial charge in [0.25, 0.3) is 0 Å². The fraction of sp³-hybridized carbons (Fsp3) is 0.381. The van der Waals surface area contributed by atoms with Crippen LogP contribution >= 0.6 is 0 Å². The predicted octanol–water partition coefficient (Wildman–Crippen LogP) is 3.28. The molecule has 1 fully saturated rings. The monoisotopic (exact) mass is 354 g/mol. The molecule has 0 heterocycles. The van der Waals surface area contributed by atoms with Gasteiger partial charge in [-0.25, -0.2) is 4.79 Å². The van der Waals surface area contributed by atoms with Crippen molar-refractivity contribution in [3.63, 3.8) is 0 Å². The van der Waals surface area contributed by atoms with E-state index in [2.05, 4.69) is 22.8 Å². The third-order valence-electron chi connectivity index (χ3n) is 4.98. The third-order valence-corrected chi connectivity index (χ3v) is 4.98. The van der Waals surface area contributed by atoms with Crippen LogP contribution in [-0.2, 0) is 11.8 Å². The minimum atomic E-state index is -0.118. The van der Waals surface area contributed by atoms with Gasteiger partial charge in [0.15, 0.2) is 0 Å². The molecule has 0 atom stereocenters.